The minimum absolute atomic E-state index is 0.168. The van der Waals surface area contributed by atoms with E-state index in [2.05, 4.69) is 15.6 Å². The van der Waals surface area contributed by atoms with Gasteiger partial charge in [0.1, 0.15) is 5.82 Å². The van der Waals surface area contributed by atoms with Crippen molar-refractivity contribution in [3.63, 3.8) is 0 Å². The quantitative estimate of drug-likeness (QED) is 0.658. The predicted octanol–water partition coefficient (Wildman–Crippen LogP) is 5.06. The number of benzene rings is 2. The molecule has 2 N–H and O–H groups in total. The molecular formula is C19H15Cl2N3O. The molecule has 6 heteroatoms. The van der Waals surface area contributed by atoms with E-state index in [1.54, 1.807) is 36.5 Å². The summed E-state index contributed by atoms with van der Waals surface area (Å²) in [5.74, 6) is 0.365. The molecular weight excluding hydrogens is 357 g/mol. The molecule has 0 atom stereocenters. The van der Waals surface area contributed by atoms with E-state index in [-0.39, 0.29) is 5.91 Å². The molecule has 0 aliphatic carbocycles. The molecule has 0 saturated carbocycles. The molecule has 126 valence electrons. The van der Waals surface area contributed by atoms with Crippen LogP contribution in [0.25, 0.3) is 0 Å². The lowest BCUT2D eigenvalue weighted by Gasteiger charge is -2.09. The summed E-state index contributed by atoms with van der Waals surface area (Å²) in [5.41, 5.74) is 2.25. The fraction of sp³-hybridized carbons (Fsp3) is 0.0526. The highest BCUT2D eigenvalue weighted by Gasteiger charge is 2.07. The van der Waals surface area contributed by atoms with Crippen molar-refractivity contribution < 1.29 is 4.79 Å². The monoisotopic (exact) mass is 371 g/mol. The van der Waals surface area contributed by atoms with Crippen molar-refractivity contribution in [3.05, 3.63) is 88.0 Å². The van der Waals surface area contributed by atoms with Crippen LogP contribution in [0.4, 0.5) is 11.5 Å². The number of aromatic nitrogens is 1. The minimum Gasteiger partial charge on any atom is -0.348 e. The van der Waals surface area contributed by atoms with Crippen LogP contribution in [-0.2, 0) is 6.54 Å². The third-order valence-corrected chi connectivity index (χ3v) is 3.89. The largest absolute Gasteiger partial charge is 0.348 e. The number of rotatable bonds is 5. The maximum absolute atomic E-state index is 12.3. The predicted molar refractivity (Wildman–Crippen MR) is 102 cm³/mol. The zero-order chi connectivity index (χ0) is 17.6. The Morgan fingerprint density at radius 2 is 1.68 bits per heavy atom. The molecule has 0 aliphatic rings. The molecule has 4 nitrogen and oxygen atoms in total. The molecule has 1 heterocycles. The van der Waals surface area contributed by atoms with Crippen LogP contribution >= 0.6 is 23.2 Å². The van der Waals surface area contributed by atoms with E-state index < -0.39 is 0 Å². The molecule has 3 rings (SSSR count). The first-order chi connectivity index (χ1) is 12.1. The van der Waals surface area contributed by atoms with E-state index in [9.17, 15) is 4.79 Å². The smallest absolute Gasteiger partial charge is 0.251 e. The van der Waals surface area contributed by atoms with Crippen LogP contribution in [0, 0.1) is 0 Å². The zero-order valence-corrected chi connectivity index (χ0v) is 14.7. The van der Waals surface area contributed by atoms with Crippen molar-refractivity contribution in [2.75, 3.05) is 5.32 Å². The summed E-state index contributed by atoms with van der Waals surface area (Å²) in [5, 5.41) is 7.02. The summed E-state index contributed by atoms with van der Waals surface area (Å²) in [4.78, 5) is 16.5. The lowest BCUT2D eigenvalue weighted by atomic mass is 10.2. The highest BCUT2D eigenvalue weighted by Crippen LogP contribution is 2.24. The lowest BCUT2D eigenvalue weighted by Crippen LogP contribution is -2.22. The molecule has 1 amide bonds. The van der Waals surface area contributed by atoms with E-state index in [1.165, 1.54) is 0 Å². The number of anilines is 2. The summed E-state index contributed by atoms with van der Waals surface area (Å²) in [6, 6.07) is 18.2. The van der Waals surface area contributed by atoms with Crippen molar-refractivity contribution in [1.29, 1.82) is 0 Å². The van der Waals surface area contributed by atoms with Crippen molar-refractivity contribution in [2.24, 2.45) is 0 Å². The number of pyridine rings is 1. The third kappa shape index (κ3) is 4.95. The van der Waals surface area contributed by atoms with Gasteiger partial charge >= 0.3 is 0 Å². The maximum Gasteiger partial charge on any atom is 0.251 e. The van der Waals surface area contributed by atoms with E-state index in [0.717, 1.165) is 5.56 Å². The highest BCUT2D eigenvalue weighted by molar-refractivity contribution is 6.35. The molecule has 0 aliphatic heterocycles. The second-order valence-electron chi connectivity index (χ2n) is 5.38. The summed E-state index contributed by atoms with van der Waals surface area (Å²) >= 11 is 12.0. The first-order valence-corrected chi connectivity index (χ1v) is 8.37. The lowest BCUT2D eigenvalue weighted by molar-refractivity contribution is 0.0951. The third-order valence-electron chi connectivity index (χ3n) is 3.45. The number of nitrogens with one attached hydrogen (secondary N) is 2. The Hall–Kier alpha value is -2.56. The van der Waals surface area contributed by atoms with Crippen LogP contribution in [0.3, 0.4) is 0 Å². The van der Waals surface area contributed by atoms with Gasteiger partial charge in [0.05, 0.1) is 0 Å². The van der Waals surface area contributed by atoms with Gasteiger partial charge < -0.3 is 10.6 Å². The molecule has 2 aromatic carbocycles. The first kappa shape index (κ1) is 17.3. The van der Waals surface area contributed by atoms with Gasteiger partial charge in [0.15, 0.2) is 0 Å². The molecule has 3 aromatic rings. The number of hydrogen-bond donors (Lipinski definition) is 2. The van der Waals surface area contributed by atoms with Gasteiger partial charge in [-0.25, -0.2) is 4.98 Å². The summed E-state index contributed by atoms with van der Waals surface area (Å²) < 4.78 is 0. The zero-order valence-electron chi connectivity index (χ0n) is 13.2. The highest BCUT2D eigenvalue weighted by atomic mass is 35.5. The number of carbonyl (C=O) groups excluding carboxylic acids is 1. The fourth-order valence-corrected chi connectivity index (χ4v) is 2.82. The Labute approximate surface area is 155 Å². The van der Waals surface area contributed by atoms with Gasteiger partial charge in [-0.1, -0.05) is 53.5 Å². The Morgan fingerprint density at radius 3 is 2.40 bits per heavy atom. The van der Waals surface area contributed by atoms with Crippen LogP contribution in [0.15, 0.2) is 66.9 Å². The van der Waals surface area contributed by atoms with Gasteiger partial charge in [0.2, 0.25) is 0 Å². The Bertz CT molecular complexity index is 865. The van der Waals surface area contributed by atoms with Gasteiger partial charge in [0.25, 0.3) is 5.91 Å². The number of nitrogens with zero attached hydrogens (tertiary/aromatic N) is 1. The fourth-order valence-electron chi connectivity index (χ4n) is 2.29. The SMILES string of the molecule is O=C(NCc1ccccc1)c1ccnc(Nc2cc(Cl)cc(Cl)c2)c1. The van der Waals surface area contributed by atoms with Crippen molar-refractivity contribution in [3.8, 4) is 0 Å². The molecule has 0 unspecified atom stereocenters. The molecule has 0 saturated heterocycles. The first-order valence-electron chi connectivity index (χ1n) is 7.61. The normalized spacial score (nSPS) is 10.3. The molecule has 1 aromatic heterocycles. The Kier molecular flexibility index (Phi) is 5.53. The van der Waals surface area contributed by atoms with E-state index in [1.807, 2.05) is 30.3 Å². The standard InChI is InChI=1S/C19H15Cl2N3O/c20-15-9-16(21)11-17(10-15)24-18-8-14(6-7-22-18)19(25)23-12-13-4-2-1-3-5-13/h1-11H,12H2,(H,22,24)(H,23,25). The van der Waals surface area contributed by atoms with Gasteiger partial charge in [0, 0.05) is 34.0 Å². The second-order valence-corrected chi connectivity index (χ2v) is 6.25. The van der Waals surface area contributed by atoms with E-state index in [4.69, 9.17) is 23.2 Å². The summed E-state index contributed by atoms with van der Waals surface area (Å²) in [6.07, 6.45) is 1.58. The van der Waals surface area contributed by atoms with Gasteiger partial charge in [-0.05, 0) is 35.9 Å². The summed E-state index contributed by atoms with van der Waals surface area (Å²) in [6.45, 7) is 0.467. The van der Waals surface area contributed by atoms with E-state index >= 15 is 0 Å². The molecule has 0 radical (unpaired) electrons. The molecule has 0 fully saturated rings. The maximum atomic E-state index is 12.3. The second kappa shape index (κ2) is 8.01. The number of carbonyl (C=O) groups is 1. The molecule has 0 bridgehead atoms. The average Bonchev–Trinajstić information content (AvgIpc) is 2.60. The van der Waals surface area contributed by atoms with Crippen LogP contribution in [-0.4, -0.2) is 10.9 Å². The van der Waals surface area contributed by atoms with E-state index in [0.29, 0.717) is 33.7 Å². The summed E-state index contributed by atoms with van der Waals surface area (Å²) in [7, 11) is 0. The minimum atomic E-state index is -0.168. The van der Waals surface area contributed by atoms with Crippen molar-refractivity contribution in [1.82, 2.24) is 10.3 Å². The average molecular weight is 372 g/mol. The van der Waals surface area contributed by atoms with Crippen molar-refractivity contribution >= 4 is 40.6 Å². The number of halogens is 2. The van der Waals surface area contributed by atoms with Gasteiger partial charge in [-0.15, -0.1) is 0 Å². The molecule has 0 spiro atoms. The van der Waals surface area contributed by atoms with Gasteiger partial charge in [-0.2, -0.15) is 0 Å². The van der Waals surface area contributed by atoms with Crippen molar-refractivity contribution in [2.45, 2.75) is 6.54 Å². The van der Waals surface area contributed by atoms with Crippen LogP contribution in [0.1, 0.15) is 15.9 Å². The van der Waals surface area contributed by atoms with Crippen LogP contribution in [0.5, 0.6) is 0 Å². The van der Waals surface area contributed by atoms with Gasteiger partial charge in [-0.3, -0.25) is 4.79 Å². The topological polar surface area (TPSA) is 54.0 Å². The Morgan fingerprint density at radius 1 is 0.960 bits per heavy atom. The van der Waals surface area contributed by atoms with Crippen LogP contribution < -0.4 is 10.6 Å². The Balaban J connectivity index is 1.69. The number of hydrogen-bond acceptors (Lipinski definition) is 3. The molecule has 25 heavy (non-hydrogen) atoms. The van der Waals surface area contributed by atoms with Crippen LogP contribution in [0.2, 0.25) is 10.0 Å². The number of amides is 1.